The molecule has 25 heavy (non-hydrogen) atoms. The van der Waals surface area contributed by atoms with Crippen molar-refractivity contribution in [3.8, 4) is 0 Å². The number of piperazine rings is 1. The second-order valence-electron chi connectivity index (χ2n) is 5.76. The zero-order valence-corrected chi connectivity index (χ0v) is 14.0. The lowest BCUT2D eigenvalue weighted by atomic mass is 10.2. The van der Waals surface area contributed by atoms with Crippen LogP contribution in [-0.4, -0.2) is 51.7 Å². The summed E-state index contributed by atoms with van der Waals surface area (Å²) in [4.78, 5) is 16.0. The Morgan fingerprint density at radius 1 is 1.20 bits per heavy atom. The Morgan fingerprint density at radius 2 is 1.92 bits per heavy atom. The van der Waals surface area contributed by atoms with Gasteiger partial charge in [-0.1, -0.05) is 17.7 Å². The van der Waals surface area contributed by atoms with E-state index in [0.717, 1.165) is 11.8 Å². The van der Waals surface area contributed by atoms with Gasteiger partial charge in [0, 0.05) is 43.9 Å². The minimum atomic E-state index is -2.76. The van der Waals surface area contributed by atoms with Gasteiger partial charge in [0.15, 0.2) is 5.69 Å². The van der Waals surface area contributed by atoms with Gasteiger partial charge in [-0.15, -0.1) is 0 Å². The number of carbonyl (C=O) groups is 1. The first-order valence-corrected chi connectivity index (χ1v) is 8.10. The molecule has 1 aromatic heterocycles. The van der Waals surface area contributed by atoms with Crippen LogP contribution < -0.4 is 0 Å². The van der Waals surface area contributed by atoms with Crippen molar-refractivity contribution in [3.05, 3.63) is 52.6 Å². The van der Waals surface area contributed by atoms with Gasteiger partial charge >= 0.3 is 6.55 Å². The van der Waals surface area contributed by atoms with E-state index in [2.05, 4.69) is 10.00 Å². The fourth-order valence-corrected chi connectivity index (χ4v) is 2.95. The molecule has 134 valence electrons. The third-order valence-electron chi connectivity index (χ3n) is 4.10. The Morgan fingerprint density at radius 3 is 2.52 bits per heavy atom. The molecule has 1 saturated heterocycles. The van der Waals surface area contributed by atoms with Crippen LogP contribution in [0.15, 0.2) is 30.5 Å². The Labute approximate surface area is 147 Å². The first-order valence-electron chi connectivity index (χ1n) is 7.73. The summed E-state index contributed by atoms with van der Waals surface area (Å²) in [5.74, 6) is -0.744. The Balaban J connectivity index is 1.56. The van der Waals surface area contributed by atoms with Gasteiger partial charge in [-0.05, 0) is 23.8 Å². The standard InChI is InChI=1S/C16H16ClF3N4O/c17-13-9-12(18)2-1-11(13)10-22-5-7-23(8-6-22)15(25)14-3-4-24(21-14)16(19)20/h1-4,9,16H,5-8,10H2. The molecule has 1 aliphatic heterocycles. The summed E-state index contributed by atoms with van der Waals surface area (Å²) < 4.78 is 38.6. The average molecular weight is 373 g/mol. The first kappa shape index (κ1) is 17.8. The number of hydrogen-bond donors (Lipinski definition) is 0. The number of hydrogen-bond acceptors (Lipinski definition) is 3. The van der Waals surface area contributed by atoms with Crippen molar-refractivity contribution in [3.63, 3.8) is 0 Å². The van der Waals surface area contributed by atoms with Gasteiger partial charge in [0.05, 0.1) is 0 Å². The van der Waals surface area contributed by atoms with Crippen LogP contribution >= 0.6 is 11.6 Å². The first-order chi connectivity index (χ1) is 11.9. The van der Waals surface area contributed by atoms with Gasteiger partial charge < -0.3 is 4.90 Å². The molecule has 9 heteroatoms. The number of carbonyl (C=O) groups excluding carboxylic acids is 1. The predicted octanol–water partition coefficient (Wildman–Crippen LogP) is 3.03. The van der Waals surface area contributed by atoms with Crippen molar-refractivity contribution >= 4 is 17.5 Å². The lowest BCUT2D eigenvalue weighted by Gasteiger charge is -2.34. The Bertz CT molecular complexity index is 760. The van der Waals surface area contributed by atoms with E-state index in [1.165, 1.54) is 18.2 Å². The lowest BCUT2D eigenvalue weighted by Crippen LogP contribution is -2.48. The molecule has 1 aromatic carbocycles. The van der Waals surface area contributed by atoms with E-state index >= 15 is 0 Å². The highest BCUT2D eigenvalue weighted by Gasteiger charge is 2.24. The maximum atomic E-state index is 13.1. The van der Waals surface area contributed by atoms with Crippen LogP contribution in [0.25, 0.3) is 0 Å². The summed E-state index contributed by atoms with van der Waals surface area (Å²) in [5.41, 5.74) is 0.828. The van der Waals surface area contributed by atoms with Crippen LogP contribution in [0.3, 0.4) is 0 Å². The van der Waals surface area contributed by atoms with Gasteiger partial charge in [0.1, 0.15) is 5.82 Å². The summed E-state index contributed by atoms with van der Waals surface area (Å²) in [5, 5.41) is 3.97. The van der Waals surface area contributed by atoms with Gasteiger partial charge in [0.25, 0.3) is 5.91 Å². The second kappa shape index (κ2) is 7.45. The normalized spacial score (nSPS) is 15.8. The summed E-state index contributed by atoms with van der Waals surface area (Å²) in [6.07, 6.45) is 1.09. The number of nitrogens with zero attached hydrogens (tertiary/aromatic N) is 4. The number of aromatic nitrogens is 2. The molecule has 0 aliphatic carbocycles. The van der Waals surface area contributed by atoms with Crippen molar-refractivity contribution in [2.45, 2.75) is 13.1 Å². The van der Waals surface area contributed by atoms with Crippen LogP contribution in [-0.2, 0) is 6.54 Å². The molecule has 0 spiro atoms. The lowest BCUT2D eigenvalue weighted by molar-refractivity contribution is 0.0534. The highest BCUT2D eigenvalue weighted by molar-refractivity contribution is 6.31. The number of amides is 1. The molecular formula is C16H16ClF3N4O. The van der Waals surface area contributed by atoms with E-state index in [1.54, 1.807) is 11.0 Å². The van der Waals surface area contributed by atoms with E-state index in [4.69, 9.17) is 11.6 Å². The van der Waals surface area contributed by atoms with Gasteiger partial charge in [-0.3, -0.25) is 9.69 Å². The van der Waals surface area contributed by atoms with Crippen molar-refractivity contribution in [1.29, 1.82) is 0 Å². The molecule has 0 atom stereocenters. The molecule has 2 heterocycles. The highest BCUT2D eigenvalue weighted by atomic mass is 35.5. The second-order valence-corrected chi connectivity index (χ2v) is 6.17. The molecule has 0 bridgehead atoms. The third-order valence-corrected chi connectivity index (χ3v) is 4.45. The molecule has 3 rings (SSSR count). The minimum Gasteiger partial charge on any atom is -0.335 e. The van der Waals surface area contributed by atoms with Crippen molar-refractivity contribution < 1.29 is 18.0 Å². The van der Waals surface area contributed by atoms with E-state index in [9.17, 15) is 18.0 Å². The predicted molar refractivity (Wildman–Crippen MR) is 86.1 cm³/mol. The molecule has 0 radical (unpaired) electrons. The SMILES string of the molecule is O=C(c1ccn(C(F)F)n1)N1CCN(Cc2ccc(F)cc2Cl)CC1. The molecule has 1 aliphatic rings. The van der Waals surface area contributed by atoms with Crippen molar-refractivity contribution in [1.82, 2.24) is 19.6 Å². The van der Waals surface area contributed by atoms with Gasteiger partial charge in [-0.2, -0.15) is 13.9 Å². The summed E-state index contributed by atoms with van der Waals surface area (Å²) in [7, 11) is 0. The van der Waals surface area contributed by atoms with E-state index < -0.39 is 6.55 Å². The molecule has 5 nitrogen and oxygen atoms in total. The summed E-state index contributed by atoms with van der Waals surface area (Å²) >= 11 is 6.03. The van der Waals surface area contributed by atoms with Crippen molar-refractivity contribution in [2.75, 3.05) is 26.2 Å². The van der Waals surface area contributed by atoms with E-state index in [0.29, 0.717) is 42.4 Å². The van der Waals surface area contributed by atoms with Crippen LogP contribution in [0.5, 0.6) is 0 Å². The Hall–Kier alpha value is -2.06. The summed E-state index contributed by atoms with van der Waals surface area (Å²) in [6, 6.07) is 5.57. The highest BCUT2D eigenvalue weighted by Crippen LogP contribution is 2.20. The number of benzene rings is 1. The van der Waals surface area contributed by atoms with Crippen molar-refractivity contribution in [2.24, 2.45) is 0 Å². The summed E-state index contributed by atoms with van der Waals surface area (Å²) in [6.45, 7) is -0.0809. The molecule has 0 saturated carbocycles. The quantitative estimate of drug-likeness (QED) is 0.828. The zero-order chi connectivity index (χ0) is 18.0. The topological polar surface area (TPSA) is 41.4 Å². The molecule has 0 unspecified atom stereocenters. The van der Waals surface area contributed by atoms with Crippen LogP contribution in [0.2, 0.25) is 5.02 Å². The number of halogens is 4. The largest absolute Gasteiger partial charge is 0.335 e. The zero-order valence-electron chi connectivity index (χ0n) is 13.2. The Kier molecular flexibility index (Phi) is 5.29. The average Bonchev–Trinajstić information content (AvgIpc) is 3.08. The van der Waals surface area contributed by atoms with Crippen LogP contribution in [0.4, 0.5) is 13.2 Å². The number of alkyl halides is 2. The molecule has 0 N–H and O–H groups in total. The smallest absolute Gasteiger partial charge is 0.333 e. The third kappa shape index (κ3) is 4.13. The maximum absolute atomic E-state index is 13.1. The van der Waals surface area contributed by atoms with Crippen LogP contribution in [0, 0.1) is 5.82 Å². The monoisotopic (exact) mass is 372 g/mol. The van der Waals surface area contributed by atoms with Crippen LogP contribution in [0.1, 0.15) is 22.6 Å². The molecular weight excluding hydrogens is 357 g/mol. The fourth-order valence-electron chi connectivity index (χ4n) is 2.72. The fraction of sp³-hybridized carbons (Fsp3) is 0.375. The maximum Gasteiger partial charge on any atom is 0.333 e. The molecule has 2 aromatic rings. The minimum absolute atomic E-state index is 0.00956. The molecule has 1 amide bonds. The van der Waals surface area contributed by atoms with E-state index in [-0.39, 0.29) is 17.4 Å². The van der Waals surface area contributed by atoms with Gasteiger partial charge in [-0.25, -0.2) is 9.07 Å². The van der Waals surface area contributed by atoms with Gasteiger partial charge in [0.2, 0.25) is 0 Å². The van der Waals surface area contributed by atoms with E-state index in [1.807, 2.05) is 0 Å². The number of rotatable bonds is 4. The molecule has 1 fully saturated rings.